The Morgan fingerprint density at radius 2 is 1.61 bits per heavy atom. The fraction of sp³-hybridized carbons (Fsp3) is 0.667. The quantitative estimate of drug-likeness (QED) is 0.232. The minimum absolute atomic E-state index is 0.270. The molecule has 0 atom stereocenters. The summed E-state index contributed by atoms with van der Waals surface area (Å²) in [6.07, 6.45) is 24.4. The van der Waals surface area contributed by atoms with Crippen molar-refractivity contribution in [1.82, 2.24) is 10.3 Å². The van der Waals surface area contributed by atoms with Gasteiger partial charge >= 0.3 is 6.09 Å². The highest BCUT2D eigenvalue weighted by Gasteiger charge is 2.01. The number of aromatic nitrogens is 1. The highest BCUT2D eigenvalue weighted by Crippen LogP contribution is 2.09. The number of alkyl carbamates (subject to hydrolysis) is 1. The molecule has 4 nitrogen and oxygen atoms in total. The predicted molar refractivity (Wildman–Crippen MR) is 117 cm³/mol. The van der Waals surface area contributed by atoms with Gasteiger partial charge in [0.2, 0.25) is 0 Å². The second-order valence-corrected chi connectivity index (χ2v) is 7.45. The fourth-order valence-corrected chi connectivity index (χ4v) is 3.07. The third-order valence-corrected chi connectivity index (χ3v) is 4.80. The number of ether oxygens (including phenoxy) is 1. The van der Waals surface area contributed by atoms with Gasteiger partial charge in [0.25, 0.3) is 0 Å². The highest BCUT2D eigenvalue weighted by molar-refractivity contribution is 5.67. The van der Waals surface area contributed by atoms with E-state index in [0.29, 0.717) is 6.54 Å². The topological polar surface area (TPSA) is 51.2 Å². The molecule has 1 aromatic rings. The van der Waals surface area contributed by atoms with E-state index in [1.807, 2.05) is 12.1 Å². The zero-order chi connectivity index (χ0) is 20.1. The van der Waals surface area contributed by atoms with Crippen molar-refractivity contribution in [2.75, 3.05) is 6.54 Å². The van der Waals surface area contributed by atoms with Crippen LogP contribution in [-0.2, 0) is 11.3 Å². The molecule has 1 rings (SSSR count). The maximum Gasteiger partial charge on any atom is 0.407 e. The number of unbranched alkanes of at least 4 members (excludes halogenated alkanes) is 11. The van der Waals surface area contributed by atoms with E-state index in [2.05, 4.69) is 29.4 Å². The molecule has 0 aliphatic rings. The van der Waals surface area contributed by atoms with Crippen LogP contribution in [0.3, 0.4) is 0 Å². The number of hydrogen-bond donors (Lipinski definition) is 1. The van der Waals surface area contributed by atoms with Gasteiger partial charge < -0.3 is 10.1 Å². The van der Waals surface area contributed by atoms with Crippen molar-refractivity contribution < 1.29 is 9.53 Å². The summed E-state index contributed by atoms with van der Waals surface area (Å²) in [6, 6.07) is 3.73. The SMILES string of the molecule is CCCCCCCCC=CCCCCCCCNC(=O)OCc1cccnc1. The summed E-state index contributed by atoms with van der Waals surface area (Å²) < 4.78 is 5.15. The van der Waals surface area contributed by atoms with Crippen LogP contribution in [0.15, 0.2) is 36.7 Å². The van der Waals surface area contributed by atoms with Gasteiger partial charge in [-0.05, 0) is 38.2 Å². The largest absolute Gasteiger partial charge is 0.445 e. The van der Waals surface area contributed by atoms with Crippen LogP contribution >= 0.6 is 0 Å². The number of carbonyl (C=O) groups excluding carboxylic acids is 1. The van der Waals surface area contributed by atoms with E-state index in [-0.39, 0.29) is 12.7 Å². The maximum absolute atomic E-state index is 11.6. The van der Waals surface area contributed by atoms with E-state index < -0.39 is 0 Å². The average Bonchev–Trinajstić information content (AvgIpc) is 2.72. The Morgan fingerprint density at radius 3 is 2.25 bits per heavy atom. The van der Waals surface area contributed by atoms with E-state index in [1.165, 1.54) is 70.6 Å². The van der Waals surface area contributed by atoms with Crippen molar-refractivity contribution in [3.63, 3.8) is 0 Å². The maximum atomic E-state index is 11.6. The fourth-order valence-electron chi connectivity index (χ4n) is 3.07. The Kier molecular flexibility index (Phi) is 16.0. The number of carbonyl (C=O) groups is 1. The van der Waals surface area contributed by atoms with Crippen LogP contribution in [-0.4, -0.2) is 17.6 Å². The number of rotatable bonds is 17. The summed E-state index contributed by atoms with van der Waals surface area (Å²) in [6.45, 7) is 3.22. The molecule has 1 aromatic heterocycles. The van der Waals surface area contributed by atoms with Crippen LogP contribution in [0.25, 0.3) is 0 Å². The lowest BCUT2D eigenvalue weighted by Gasteiger charge is -2.06. The number of pyridine rings is 1. The van der Waals surface area contributed by atoms with Gasteiger partial charge in [0.05, 0.1) is 0 Å². The van der Waals surface area contributed by atoms with Gasteiger partial charge in [-0.2, -0.15) is 0 Å². The van der Waals surface area contributed by atoms with Crippen molar-refractivity contribution in [3.05, 3.63) is 42.2 Å². The van der Waals surface area contributed by atoms with Gasteiger partial charge in [0.15, 0.2) is 0 Å². The second kappa shape index (κ2) is 18.5. The number of hydrogen-bond acceptors (Lipinski definition) is 3. The molecule has 0 bridgehead atoms. The summed E-state index contributed by atoms with van der Waals surface area (Å²) in [5, 5.41) is 2.81. The number of nitrogens with zero attached hydrogens (tertiary/aromatic N) is 1. The first-order chi connectivity index (χ1) is 13.8. The van der Waals surface area contributed by atoms with Gasteiger partial charge in [-0.1, -0.05) is 76.5 Å². The standard InChI is InChI=1S/C24H40N2O2/c1-2-3-4-5-6-7-8-9-10-11-12-13-14-15-16-20-26-24(27)28-22-23-18-17-19-25-21-23/h9-10,17-19,21H,2-8,11-16,20,22H2,1H3,(H,26,27). The van der Waals surface area contributed by atoms with Crippen molar-refractivity contribution in [3.8, 4) is 0 Å². The minimum Gasteiger partial charge on any atom is -0.445 e. The Labute approximate surface area is 172 Å². The summed E-state index contributed by atoms with van der Waals surface area (Å²) >= 11 is 0. The van der Waals surface area contributed by atoms with Gasteiger partial charge in [-0.15, -0.1) is 0 Å². The molecule has 0 aliphatic carbocycles. The molecule has 0 fully saturated rings. The van der Waals surface area contributed by atoms with E-state index in [0.717, 1.165) is 18.4 Å². The van der Waals surface area contributed by atoms with Gasteiger partial charge in [-0.25, -0.2) is 4.79 Å². The molecule has 1 amide bonds. The third-order valence-electron chi connectivity index (χ3n) is 4.80. The molecule has 0 saturated heterocycles. The third kappa shape index (κ3) is 15.2. The van der Waals surface area contributed by atoms with Crippen LogP contribution in [0.2, 0.25) is 0 Å². The first-order valence-corrected chi connectivity index (χ1v) is 11.3. The van der Waals surface area contributed by atoms with Crippen LogP contribution in [0.5, 0.6) is 0 Å². The highest BCUT2D eigenvalue weighted by atomic mass is 16.5. The summed E-state index contributed by atoms with van der Waals surface area (Å²) in [4.78, 5) is 15.6. The number of allylic oxidation sites excluding steroid dienone is 2. The zero-order valence-electron chi connectivity index (χ0n) is 17.8. The van der Waals surface area contributed by atoms with E-state index in [1.54, 1.807) is 12.4 Å². The van der Waals surface area contributed by atoms with E-state index >= 15 is 0 Å². The molecular weight excluding hydrogens is 348 g/mol. The van der Waals surface area contributed by atoms with Crippen molar-refractivity contribution in [2.45, 2.75) is 97.0 Å². The Balaban J connectivity index is 1.80. The zero-order valence-corrected chi connectivity index (χ0v) is 17.8. The molecule has 0 aliphatic heterocycles. The van der Waals surface area contributed by atoms with Crippen molar-refractivity contribution >= 4 is 6.09 Å². The summed E-state index contributed by atoms with van der Waals surface area (Å²) in [5.41, 5.74) is 0.902. The Hall–Kier alpha value is -1.84. The molecular formula is C24H40N2O2. The lowest BCUT2D eigenvalue weighted by molar-refractivity contribution is 0.139. The van der Waals surface area contributed by atoms with Crippen LogP contribution in [0, 0.1) is 0 Å². The Morgan fingerprint density at radius 1 is 0.964 bits per heavy atom. The normalized spacial score (nSPS) is 11.0. The molecule has 0 radical (unpaired) electrons. The number of nitrogens with one attached hydrogen (secondary N) is 1. The first kappa shape index (κ1) is 24.2. The lowest BCUT2D eigenvalue weighted by atomic mass is 10.1. The van der Waals surface area contributed by atoms with Crippen LogP contribution in [0.4, 0.5) is 4.79 Å². The van der Waals surface area contributed by atoms with Crippen molar-refractivity contribution in [2.24, 2.45) is 0 Å². The lowest BCUT2D eigenvalue weighted by Crippen LogP contribution is -2.25. The second-order valence-electron chi connectivity index (χ2n) is 7.45. The van der Waals surface area contributed by atoms with E-state index in [9.17, 15) is 4.79 Å². The van der Waals surface area contributed by atoms with Crippen molar-refractivity contribution in [1.29, 1.82) is 0 Å². The minimum atomic E-state index is -0.348. The molecule has 158 valence electrons. The Bertz CT molecular complexity index is 503. The molecule has 0 spiro atoms. The van der Waals surface area contributed by atoms with Crippen LogP contribution < -0.4 is 5.32 Å². The summed E-state index contributed by atoms with van der Waals surface area (Å²) in [7, 11) is 0. The average molecular weight is 389 g/mol. The summed E-state index contributed by atoms with van der Waals surface area (Å²) in [5.74, 6) is 0. The molecule has 1 N–H and O–H groups in total. The monoisotopic (exact) mass is 388 g/mol. The van der Waals surface area contributed by atoms with E-state index in [4.69, 9.17) is 4.74 Å². The van der Waals surface area contributed by atoms with Crippen LogP contribution in [0.1, 0.15) is 96.0 Å². The molecule has 0 aromatic carbocycles. The molecule has 1 heterocycles. The molecule has 0 unspecified atom stereocenters. The number of amides is 1. The van der Waals surface area contributed by atoms with Gasteiger partial charge in [0.1, 0.15) is 6.61 Å². The van der Waals surface area contributed by atoms with Gasteiger partial charge in [0, 0.05) is 24.5 Å². The smallest absolute Gasteiger partial charge is 0.407 e. The first-order valence-electron chi connectivity index (χ1n) is 11.3. The molecule has 0 saturated carbocycles. The van der Waals surface area contributed by atoms with Gasteiger partial charge in [-0.3, -0.25) is 4.98 Å². The predicted octanol–water partition coefficient (Wildman–Crippen LogP) is 6.96. The molecule has 4 heteroatoms. The molecule has 28 heavy (non-hydrogen) atoms.